The third-order valence-corrected chi connectivity index (χ3v) is 3.91. The zero-order valence-electron chi connectivity index (χ0n) is 10.6. The topological polar surface area (TPSA) is 12.0 Å². The highest BCUT2D eigenvalue weighted by molar-refractivity contribution is 7.14. The highest BCUT2D eigenvalue weighted by atomic mass is 35.5. The number of hydrogen-bond donors (Lipinski definition) is 1. The van der Waals surface area contributed by atoms with Crippen LogP contribution in [-0.4, -0.2) is 6.04 Å². The van der Waals surface area contributed by atoms with Gasteiger partial charge in [-0.25, -0.2) is 0 Å². The molecule has 0 saturated heterocycles. The summed E-state index contributed by atoms with van der Waals surface area (Å²) in [6, 6.07) is 3.01. The van der Waals surface area contributed by atoms with Crippen LogP contribution in [0.4, 0.5) is 0 Å². The van der Waals surface area contributed by atoms with Crippen LogP contribution in [0.1, 0.15) is 52.1 Å². The van der Waals surface area contributed by atoms with Crippen LogP contribution in [0, 0.1) is 5.92 Å². The summed E-state index contributed by atoms with van der Waals surface area (Å²) in [7, 11) is 0. The van der Waals surface area contributed by atoms with Crippen LogP contribution in [-0.2, 0) is 0 Å². The SMILES string of the molecule is CC(C)CCC(C)NC(C)c1csc(Cl)c1. The summed E-state index contributed by atoms with van der Waals surface area (Å²) in [6.07, 6.45) is 2.52. The normalized spacial score (nSPS) is 15.4. The van der Waals surface area contributed by atoms with Crippen molar-refractivity contribution < 1.29 is 0 Å². The lowest BCUT2D eigenvalue weighted by Crippen LogP contribution is -2.28. The van der Waals surface area contributed by atoms with Crippen molar-refractivity contribution in [2.24, 2.45) is 5.92 Å². The van der Waals surface area contributed by atoms with Crippen molar-refractivity contribution in [3.05, 3.63) is 21.3 Å². The zero-order valence-corrected chi connectivity index (χ0v) is 12.2. The van der Waals surface area contributed by atoms with Gasteiger partial charge in [0.2, 0.25) is 0 Å². The molecule has 0 aliphatic carbocycles. The van der Waals surface area contributed by atoms with Gasteiger partial charge in [0.05, 0.1) is 4.34 Å². The molecule has 2 atom stereocenters. The molecule has 92 valence electrons. The minimum absolute atomic E-state index is 0.394. The smallest absolute Gasteiger partial charge is 0.0931 e. The van der Waals surface area contributed by atoms with E-state index in [-0.39, 0.29) is 0 Å². The van der Waals surface area contributed by atoms with E-state index in [1.165, 1.54) is 18.4 Å². The van der Waals surface area contributed by atoms with E-state index in [4.69, 9.17) is 11.6 Å². The van der Waals surface area contributed by atoms with Crippen molar-refractivity contribution in [2.75, 3.05) is 0 Å². The van der Waals surface area contributed by atoms with Crippen molar-refractivity contribution in [1.82, 2.24) is 5.32 Å². The molecule has 1 rings (SSSR count). The molecule has 0 radical (unpaired) electrons. The van der Waals surface area contributed by atoms with Crippen molar-refractivity contribution in [3.63, 3.8) is 0 Å². The monoisotopic (exact) mass is 259 g/mol. The van der Waals surface area contributed by atoms with Crippen LogP contribution in [0.2, 0.25) is 4.34 Å². The van der Waals surface area contributed by atoms with E-state index < -0.39 is 0 Å². The Morgan fingerprint density at radius 3 is 2.44 bits per heavy atom. The molecular formula is C13H22ClNS. The van der Waals surface area contributed by atoms with E-state index in [0.717, 1.165) is 10.3 Å². The van der Waals surface area contributed by atoms with Crippen LogP contribution in [0.15, 0.2) is 11.4 Å². The highest BCUT2D eigenvalue weighted by Crippen LogP contribution is 2.25. The maximum absolute atomic E-state index is 5.93. The predicted molar refractivity (Wildman–Crippen MR) is 74.4 cm³/mol. The van der Waals surface area contributed by atoms with E-state index in [1.807, 2.05) is 0 Å². The number of hydrogen-bond acceptors (Lipinski definition) is 2. The molecule has 1 N–H and O–H groups in total. The van der Waals surface area contributed by atoms with Gasteiger partial charge in [0.15, 0.2) is 0 Å². The Hall–Kier alpha value is -0.0500. The Balaban J connectivity index is 2.36. The minimum atomic E-state index is 0.394. The van der Waals surface area contributed by atoms with Gasteiger partial charge < -0.3 is 5.32 Å². The molecule has 3 heteroatoms. The predicted octanol–water partition coefficient (Wildman–Crippen LogP) is 4.88. The lowest BCUT2D eigenvalue weighted by atomic mass is 10.0. The van der Waals surface area contributed by atoms with Gasteiger partial charge in [-0.05, 0) is 49.6 Å². The van der Waals surface area contributed by atoms with E-state index in [9.17, 15) is 0 Å². The van der Waals surface area contributed by atoms with E-state index in [1.54, 1.807) is 11.3 Å². The Kier molecular flexibility index (Phi) is 5.81. The first-order valence-electron chi connectivity index (χ1n) is 5.99. The van der Waals surface area contributed by atoms with Gasteiger partial charge in [-0.3, -0.25) is 0 Å². The summed E-state index contributed by atoms with van der Waals surface area (Å²) in [5.41, 5.74) is 1.30. The average molecular weight is 260 g/mol. The summed E-state index contributed by atoms with van der Waals surface area (Å²) in [5, 5.41) is 5.75. The Morgan fingerprint density at radius 2 is 1.94 bits per heavy atom. The van der Waals surface area contributed by atoms with Crippen molar-refractivity contribution >= 4 is 22.9 Å². The molecule has 0 spiro atoms. The second kappa shape index (κ2) is 6.63. The maximum Gasteiger partial charge on any atom is 0.0931 e. The second-order valence-electron chi connectivity index (χ2n) is 4.94. The standard InChI is InChI=1S/C13H22ClNS/c1-9(2)5-6-10(3)15-11(4)12-7-13(14)16-8-12/h7-11,15H,5-6H2,1-4H3. The molecule has 0 fully saturated rings. The van der Waals surface area contributed by atoms with Crippen molar-refractivity contribution in [2.45, 2.75) is 52.6 Å². The lowest BCUT2D eigenvalue weighted by molar-refractivity contribution is 0.417. The molecule has 1 nitrogen and oxygen atoms in total. The zero-order chi connectivity index (χ0) is 12.1. The largest absolute Gasteiger partial charge is 0.308 e. The fourth-order valence-electron chi connectivity index (χ4n) is 1.74. The Bertz CT molecular complexity index is 309. The van der Waals surface area contributed by atoms with Gasteiger partial charge >= 0.3 is 0 Å². The first kappa shape index (κ1) is 14.0. The van der Waals surface area contributed by atoms with Crippen LogP contribution in [0.5, 0.6) is 0 Å². The summed E-state index contributed by atoms with van der Waals surface area (Å²) in [6.45, 7) is 9.00. The Labute approximate surface area is 108 Å². The third-order valence-electron chi connectivity index (χ3n) is 2.80. The van der Waals surface area contributed by atoms with Gasteiger partial charge in [0.1, 0.15) is 0 Å². The van der Waals surface area contributed by atoms with Crippen molar-refractivity contribution in [1.29, 1.82) is 0 Å². The third kappa shape index (κ3) is 4.86. The maximum atomic E-state index is 5.93. The number of rotatable bonds is 6. The molecule has 0 aliphatic heterocycles. The van der Waals surface area contributed by atoms with E-state index >= 15 is 0 Å². The van der Waals surface area contributed by atoms with Gasteiger partial charge in [0, 0.05) is 12.1 Å². The molecule has 0 bridgehead atoms. The van der Waals surface area contributed by atoms with Crippen LogP contribution in [0.25, 0.3) is 0 Å². The molecule has 0 aliphatic rings. The fourth-order valence-corrected chi connectivity index (χ4v) is 2.72. The molecule has 0 aromatic carbocycles. The summed E-state index contributed by atoms with van der Waals surface area (Å²) < 4.78 is 0.874. The summed E-state index contributed by atoms with van der Waals surface area (Å²) in [5.74, 6) is 0.787. The van der Waals surface area contributed by atoms with Crippen LogP contribution >= 0.6 is 22.9 Å². The highest BCUT2D eigenvalue weighted by Gasteiger charge is 2.11. The molecule has 0 saturated carbocycles. The van der Waals surface area contributed by atoms with Gasteiger partial charge in [-0.2, -0.15) is 0 Å². The molecule has 1 heterocycles. The first-order valence-corrected chi connectivity index (χ1v) is 7.24. The average Bonchev–Trinajstić information content (AvgIpc) is 2.62. The van der Waals surface area contributed by atoms with Gasteiger partial charge in [-0.1, -0.05) is 25.4 Å². The number of nitrogens with one attached hydrogen (secondary N) is 1. The summed E-state index contributed by atoms with van der Waals surface area (Å²) in [4.78, 5) is 0. The number of halogens is 1. The molecule has 1 aromatic rings. The summed E-state index contributed by atoms with van der Waals surface area (Å²) >= 11 is 7.54. The van der Waals surface area contributed by atoms with Crippen molar-refractivity contribution in [3.8, 4) is 0 Å². The minimum Gasteiger partial charge on any atom is -0.308 e. The molecular weight excluding hydrogens is 238 g/mol. The molecule has 16 heavy (non-hydrogen) atoms. The Morgan fingerprint density at radius 1 is 1.25 bits per heavy atom. The quantitative estimate of drug-likeness (QED) is 0.768. The fraction of sp³-hybridized carbons (Fsp3) is 0.692. The second-order valence-corrected chi connectivity index (χ2v) is 6.49. The molecule has 0 amide bonds. The molecule has 1 aromatic heterocycles. The lowest BCUT2D eigenvalue weighted by Gasteiger charge is -2.20. The van der Waals surface area contributed by atoms with Gasteiger partial charge in [0.25, 0.3) is 0 Å². The molecule has 2 unspecified atom stereocenters. The van der Waals surface area contributed by atoms with Crippen LogP contribution < -0.4 is 5.32 Å². The first-order chi connectivity index (χ1) is 7.49. The van der Waals surface area contributed by atoms with Gasteiger partial charge in [-0.15, -0.1) is 11.3 Å². The number of thiophene rings is 1. The van der Waals surface area contributed by atoms with E-state index in [0.29, 0.717) is 12.1 Å². The van der Waals surface area contributed by atoms with E-state index in [2.05, 4.69) is 44.5 Å². The van der Waals surface area contributed by atoms with Crippen LogP contribution in [0.3, 0.4) is 0 Å².